The zero-order valence-corrected chi connectivity index (χ0v) is 21.1. The second-order valence-corrected chi connectivity index (χ2v) is 21.3. The fraction of sp³-hybridized carbons (Fsp3) is 0.913. The van der Waals surface area contributed by atoms with Gasteiger partial charge in [0.2, 0.25) is 0 Å². The van der Waals surface area contributed by atoms with Gasteiger partial charge in [0.05, 0.1) is 0 Å². The third-order valence-electron chi connectivity index (χ3n) is 5.79. The monoisotopic (exact) mass is 474 g/mol. The molecule has 1 aliphatic rings. The van der Waals surface area contributed by atoms with Crippen molar-refractivity contribution in [3.63, 3.8) is 0 Å². The van der Waals surface area contributed by atoms with Gasteiger partial charge in [-0.1, -0.05) is 0 Å². The molecular weight excluding hydrogens is 427 g/mol. The van der Waals surface area contributed by atoms with Crippen LogP contribution in [-0.4, -0.2) is 37.9 Å². The summed E-state index contributed by atoms with van der Waals surface area (Å²) in [6, 6.07) is 0. The third-order valence-corrected chi connectivity index (χ3v) is 20.5. The molecular formula is C23H46O2Sn. The summed E-state index contributed by atoms with van der Waals surface area (Å²) in [5, 5.41) is 0. The molecule has 0 spiro atoms. The zero-order chi connectivity index (χ0) is 19.1. The van der Waals surface area contributed by atoms with Crippen molar-refractivity contribution in [1.29, 1.82) is 0 Å². The van der Waals surface area contributed by atoms with Gasteiger partial charge in [0.15, 0.2) is 0 Å². The fourth-order valence-electron chi connectivity index (χ4n) is 4.18. The van der Waals surface area contributed by atoms with Crippen LogP contribution in [0.15, 0.2) is 9.67 Å². The Morgan fingerprint density at radius 3 is 2.08 bits per heavy atom. The fourth-order valence-corrected chi connectivity index (χ4v) is 20.0. The predicted octanol–water partition coefficient (Wildman–Crippen LogP) is 7.64. The molecule has 0 radical (unpaired) electrons. The third kappa shape index (κ3) is 10.7. The summed E-state index contributed by atoms with van der Waals surface area (Å²) >= 11 is -2.10. The van der Waals surface area contributed by atoms with Gasteiger partial charge in [0, 0.05) is 0 Å². The summed E-state index contributed by atoms with van der Waals surface area (Å²) in [5.41, 5.74) is 1.66. The van der Waals surface area contributed by atoms with Crippen LogP contribution in [0.5, 0.6) is 0 Å². The Bertz CT molecular complexity index is 339. The molecule has 0 aromatic heterocycles. The van der Waals surface area contributed by atoms with E-state index in [-0.39, 0.29) is 6.29 Å². The van der Waals surface area contributed by atoms with Gasteiger partial charge in [-0.3, -0.25) is 0 Å². The Kier molecular flexibility index (Phi) is 14.5. The molecule has 0 N–H and O–H groups in total. The van der Waals surface area contributed by atoms with E-state index >= 15 is 0 Å². The molecule has 154 valence electrons. The molecule has 1 saturated heterocycles. The number of unbranched alkanes of at least 4 members (excludes halogenated alkanes) is 3. The Morgan fingerprint density at radius 2 is 1.58 bits per heavy atom. The maximum absolute atomic E-state index is 5.93. The number of hydrogen-bond acceptors (Lipinski definition) is 2. The van der Waals surface area contributed by atoms with Gasteiger partial charge < -0.3 is 0 Å². The van der Waals surface area contributed by atoms with Crippen LogP contribution in [0.2, 0.25) is 13.3 Å². The molecule has 0 bridgehead atoms. The summed E-state index contributed by atoms with van der Waals surface area (Å²) in [6.45, 7) is 11.2. The van der Waals surface area contributed by atoms with Crippen molar-refractivity contribution in [2.24, 2.45) is 0 Å². The van der Waals surface area contributed by atoms with Crippen LogP contribution in [0.4, 0.5) is 0 Å². The van der Waals surface area contributed by atoms with E-state index in [9.17, 15) is 0 Å². The van der Waals surface area contributed by atoms with Gasteiger partial charge in [-0.25, -0.2) is 0 Å². The van der Waals surface area contributed by atoms with Crippen molar-refractivity contribution in [2.45, 2.75) is 118 Å². The summed E-state index contributed by atoms with van der Waals surface area (Å²) in [7, 11) is 0. The molecule has 0 aromatic carbocycles. The molecule has 1 rings (SSSR count). The first-order valence-corrected chi connectivity index (χ1v) is 19.3. The molecule has 0 saturated carbocycles. The van der Waals surface area contributed by atoms with Crippen LogP contribution in [0.3, 0.4) is 0 Å². The van der Waals surface area contributed by atoms with Crippen LogP contribution in [0.1, 0.15) is 98.3 Å². The van der Waals surface area contributed by atoms with Crippen LogP contribution in [0, 0.1) is 0 Å². The van der Waals surface area contributed by atoms with Crippen LogP contribution in [-0.2, 0) is 9.47 Å². The topological polar surface area (TPSA) is 18.5 Å². The molecule has 1 fully saturated rings. The van der Waals surface area contributed by atoms with Gasteiger partial charge in [0.1, 0.15) is 0 Å². The van der Waals surface area contributed by atoms with Crippen molar-refractivity contribution >= 4 is 18.4 Å². The van der Waals surface area contributed by atoms with Crippen LogP contribution >= 0.6 is 0 Å². The Hall–Kier alpha value is 0.459. The average Bonchev–Trinajstić information content (AvgIpc) is 2.67. The number of hydrogen-bond donors (Lipinski definition) is 0. The van der Waals surface area contributed by atoms with Crippen LogP contribution < -0.4 is 0 Å². The molecule has 0 amide bonds. The molecule has 1 unspecified atom stereocenters. The zero-order valence-electron chi connectivity index (χ0n) is 18.3. The first-order chi connectivity index (χ1) is 12.7. The number of allylic oxidation sites excluding steroid dienone is 1. The Balaban J connectivity index is 2.52. The molecule has 2 nitrogen and oxygen atoms in total. The number of ether oxygens (including phenoxy) is 2. The first-order valence-electron chi connectivity index (χ1n) is 11.6. The molecule has 1 aliphatic heterocycles. The maximum atomic E-state index is 5.93. The molecule has 26 heavy (non-hydrogen) atoms. The predicted molar refractivity (Wildman–Crippen MR) is 117 cm³/mol. The van der Waals surface area contributed by atoms with E-state index in [0.29, 0.717) is 0 Å². The molecule has 0 aliphatic carbocycles. The Labute approximate surface area is 168 Å². The van der Waals surface area contributed by atoms with E-state index < -0.39 is 18.4 Å². The quantitative estimate of drug-likeness (QED) is 0.180. The van der Waals surface area contributed by atoms with Crippen molar-refractivity contribution in [3.05, 3.63) is 9.67 Å². The van der Waals surface area contributed by atoms with Gasteiger partial charge in [0.25, 0.3) is 0 Å². The average molecular weight is 473 g/mol. The van der Waals surface area contributed by atoms with Gasteiger partial charge >= 0.3 is 169 Å². The van der Waals surface area contributed by atoms with E-state index in [1.807, 2.05) is 0 Å². The van der Waals surface area contributed by atoms with E-state index in [1.165, 1.54) is 57.8 Å². The Morgan fingerprint density at radius 1 is 0.962 bits per heavy atom. The van der Waals surface area contributed by atoms with Crippen molar-refractivity contribution in [2.75, 3.05) is 13.2 Å². The SMILES string of the molecule is CCC[CH2][Sn](/[CH]=C(\C)CCCOC1CCCCO1)([CH2]CCC)[CH2]CCC. The first kappa shape index (κ1) is 24.5. The minimum atomic E-state index is -2.10. The molecule has 3 heteroatoms. The summed E-state index contributed by atoms with van der Waals surface area (Å²) in [5.74, 6) is 0. The standard InChI is InChI=1S/C11H19O2.3C4H9.Sn/c1-10(2)6-5-9-13-11-7-3-4-8-12-11;3*1-3-4-2;/h1,11H,3-9H2,2H3;3*1,3-4H2,2H3;. The van der Waals surface area contributed by atoms with E-state index in [4.69, 9.17) is 9.47 Å². The minimum absolute atomic E-state index is 0.0740. The second-order valence-electron chi connectivity index (χ2n) is 8.43. The summed E-state index contributed by atoms with van der Waals surface area (Å²) < 4.78 is 19.2. The molecule has 1 heterocycles. The molecule has 0 aromatic rings. The second kappa shape index (κ2) is 15.4. The van der Waals surface area contributed by atoms with Gasteiger partial charge in [-0.2, -0.15) is 0 Å². The van der Waals surface area contributed by atoms with Crippen molar-refractivity contribution < 1.29 is 9.47 Å². The normalized spacial score (nSPS) is 19.1. The van der Waals surface area contributed by atoms with E-state index in [0.717, 1.165) is 26.1 Å². The van der Waals surface area contributed by atoms with E-state index in [1.54, 1.807) is 18.9 Å². The molecule has 1 atom stereocenters. The van der Waals surface area contributed by atoms with Gasteiger partial charge in [-0.05, 0) is 0 Å². The van der Waals surface area contributed by atoms with Gasteiger partial charge in [-0.15, -0.1) is 0 Å². The van der Waals surface area contributed by atoms with E-state index in [2.05, 4.69) is 31.8 Å². The number of rotatable bonds is 15. The van der Waals surface area contributed by atoms with Crippen molar-refractivity contribution in [1.82, 2.24) is 0 Å². The summed E-state index contributed by atoms with van der Waals surface area (Å²) in [4.78, 5) is 0. The van der Waals surface area contributed by atoms with Crippen molar-refractivity contribution in [3.8, 4) is 0 Å². The summed E-state index contributed by atoms with van der Waals surface area (Å²) in [6.07, 6.45) is 14.4. The van der Waals surface area contributed by atoms with Crippen LogP contribution in [0.25, 0.3) is 0 Å².